The van der Waals surface area contributed by atoms with Gasteiger partial charge in [0.05, 0.1) is 12.0 Å². The molecule has 116 valence electrons. The van der Waals surface area contributed by atoms with Crippen LogP contribution < -0.4 is 5.32 Å². The molecule has 5 heteroatoms. The van der Waals surface area contributed by atoms with Crippen LogP contribution in [-0.4, -0.2) is 47.6 Å². The number of rotatable bonds is 4. The molecule has 0 aromatic rings. The van der Waals surface area contributed by atoms with E-state index in [1.54, 1.807) is 6.92 Å². The number of hydrogen-bond acceptors (Lipinski definition) is 3. The third kappa shape index (κ3) is 5.12. The fourth-order valence-corrected chi connectivity index (χ4v) is 2.40. The van der Waals surface area contributed by atoms with Crippen LogP contribution in [0.5, 0.6) is 0 Å². The van der Waals surface area contributed by atoms with Crippen LogP contribution in [0.3, 0.4) is 0 Å². The van der Waals surface area contributed by atoms with E-state index in [1.165, 1.54) is 0 Å². The van der Waals surface area contributed by atoms with Crippen molar-refractivity contribution < 1.29 is 14.7 Å². The molecule has 0 aliphatic carbocycles. The smallest absolute Gasteiger partial charge is 0.227 e. The molecule has 1 fully saturated rings. The topological polar surface area (TPSA) is 69.6 Å². The zero-order valence-corrected chi connectivity index (χ0v) is 13.1. The summed E-state index contributed by atoms with van der Waals surface area (Å²) in [7, 11) is 0. The Kier molecular flexibility index (Phi) is 5.99. The molecule has 2 amide bonds. The number of aliphatic hydroxyl groups is 1. The quantitative estimate of drug-likeness (QED) is 0.814. The minimum atomic E-state index is -0.402. The van der Waals surface area contributed by atoms with Crippen LogP contribution in [-0.2, 0) is 9.59 Å². The highest BCUT2D eigenvalue weighted by Gasteiger charge is 2.33. The van der Waals surface area contributed by atoms with Gasteiger partial charge in [-0.3, -0.25) is 9.59 Å². The van der Waals surface area contributed by atoms with Gasteiger partial charge in [-0.05, 0) is 26.2 Å². The molecule has 2 unspecified atom stereocenters. The Bertz CT molecular complexity index is 348. The molecule has 0 bridgehead atoms. The highest BCUT2D eigenvalue weighted by atomic mass is 16.3. The van der Waals surface area contributed by atoms with Crippen LogP contribution in [0.25, 0.3) is 0 Å². The lowest BCUT2D eigenvalue weighted by molar-refractivity contribution is -0.142. The summed E-state index contributed by atoms with van der Waals surface area (Å²) in [6.45, 7) is 9.16. The van der Waals surface area contributed by atoms with E-state index in [-0.39, 0.29) is 17.7 Å². The Labute approximate surface area is 121 Å². The normalized spacial score (nSPS) is 21.4. The molecule has 0 aromatic heterocycles. The molecule has 1 aliphatic heterocycles. The number of aliphatic hydroxyl groups excluding tert-OH is 1. The highest BCUT2D eigenvalue weighted by Crippen LogP contribution is 2.23. The molecule has 0 aromatic carbocycles. The summed E-state index contributed by atoms with van der Waals surface area (Å²) in [6, 6.07) is 0. The molecule has 1 heterocycles. The maximum Gasteiger partial charge on any atom is 0.227 e. The van der Waals surface area contributed by atoms with Crippen molar-refractivity contribution in [1.82, 2.24) is 10.2 Å². The summed E-state index contributed by atoms with van der Waals surface area (Å²) < 4.78 is 0. The molecule has 2 N–H and O–H groups in total. The van der Waals surface area contributed by atoms with E-state index >= 15 is 0 Å². The molecular formula is C15H28N2O3. The zero-order valence-electron chi connectivity index (χ0n) is 13.1. The standard InChI is InChI=1S/C15H28N2O3/c1-11(18)7-8-16-13(19)12-6-5-9-17(10-12)14(20)15(2,3)4/h11-12,18H,5-10H2,1-4H3,(H,16,19). The summed E-state index contributed by atoms with van der Waals surface area (Å²) in [4.78, 5) is 26.1. The van der Waals surface area contributed by atoms with Gasteiger partial charge in [-0.25, -0.2) is 0 Å². The first-order valence-corrected chi connectivity index (χ1v) is 7.47. The first-order valence-electron chi connectivity index (χ1n) is 7.47. The van der Waals surface area contributed by atoms with Crippen LogP contribution >= 0.6 is 0 Å². The first-order chi connectivity index (χ1) is 9.21. The fraction of sp³-hybridized carbons (Fsp3) is 0.867. The number of piperidine rings is 1. The number of carbonyl (C=O) groups is 2. The van der Waals surface area contributed by atoms with E-state index in [1.807, 2.05) is 25.7 Å². The molecular weight excluding hydrogens is 256 g/mol. The summed E-state index contributed by atoms with van der Waals surface area (Å²) in [6.07, 6.45) is 1.86. The SMILES string of the molecule is CC(O)CCNC(=O)C1CCCN(C(=O)C(C)(C)C)C1. The lowest BCUT2D eigenvalue weighted by Gasteiger charge is -2.35. The largest absolute Gasteiger partial charge is 0.393 e. The van der Waals surface area contributed by atoms with Crippen molar-refractivity contribution in [3.8, 4) is 0 Å². The number of likely N-dealkylation sites (tertiary alicyclic amines) is 1. The van der Waals surface area contributed by atoms with Crippen LogP contribution in [0.1, 0.15) is 47.0 Å². The Morgan fingerprint density at radius 2 is 2.05 bits per heavy atom. The van der Waals surface area contributed by atoms with Crippen molar-refractivity contribution in [1.29, 1.82) is 0 Å². The van der Waals surface area contributed by atoms with Gasteiger partial charge in [-0.2, -0.15) is 0 Å². The highest BCUT2D eigenvalue weighted by molar-refractivity contribution is 5.83. The van der Waals surface area contributed by atoms with E-state index in [0.29, 0.717) is 19.5 Å². The Balaban J connectivity index is 2.48. The van der Waals surface area contributed by atoms with Crippen molar-refractivity contribution in [3.63, 3.8) is 0 Å². The van der Waals surface area contributed by atoms with Crippen molar-refractivity contribution in [2.45, 2.75) is 53.1 Å². The van der Waals surface area contributed by atoms with Gasteiger partial charge in [0.25, 0.3) is 0 Å². The molecule has 1 rings (SSSR count). The average molecular weight is 284 g/mol. The van der Waals surface area contributed by atoms with Crippen LogP contribution in [0, 0.1) is 11.3 Å². The third-order valence-corrected chi connectivity index (χ3v) is 3.58. The fourth-order valence-electron chi connectivity index (χ4n) is 2.40. The minimum absolute atomic E-state index is 0.00272. The summed E-state index contributed by atoms with van der Waals surface area (Å²) >= 11 is 0. The maximum atomic E-state index is 12.3. The maximum absolute atomic E-state index is 12.3. The Morgan fingerprint density at radius 1 is 1.40 bits per heavy atom. The van der Waals surface area contributed by atoms with Crippen molar-refractivity contribution in [2.75, 3.05) is 19.6 Å². The number of hydrogen-bond donors (Lipinski definition) is 2. The summed E-state index contributed by atoms with van der Waals surface area (Å²) in [5.74, 6) is -0.0138. The predicted octanol–water partition coefficient (Wildman–Crippen LogP) is 1.16. The molecule has 5 nitrogen and oxygen atoms in total. The lowest BCUT2D eigenvalue weighted by Crippen LogP contribution is -2.48. The van der Waals surface area contributed by atoms with E-state index in [2.05, 4.69) is 5.32 Å². The molecule has 1 saturated heterocycles. The van der Waals surface area contributed by atoms with Gasteiger partial charge in [0, 0.05) is 25.0 Å². The van der Waals surface area contributed by atoms with Crippen LogP contribution in [0.2, 0.25) is 0 Å². The Hall–Kier alpha value is -1.10. The minimum Gasteiger partial charge on any atom is -0.393 e. The van der Waals surface area contributed by atoms with E-state index < -0.39 is 11.5 Å². The van der Waals surface area contributed by atoms with Gasteiger partial charge in [0.15, 0.2) is 0 Å². The third-order valence-electron chi connectivity index (χ3n) is 3.58. The number of amides is 2. The molecule has 2 atom stereocenters. The van der Waals surface area contributed by atoms with Crippen molar-refractivity contribution in [2.24, 2.45) is 11.3 Å². The monoisotopic (exact) mass is 284 g/mol. The van der Waals surface area contributed by atoms with Gasteiger partial charge in [-0.1, -0.05) is 20.8 Å². The second-order valence-electron chi connectivity index (χ2n) is 6.77. The predicted molar refractivity (Wildman–Crippen MR) is 78.1 cm³/mol. The zero-order chi connectivity index (χ0) is 15.3. The lowest BCUT2D eigenvalue weighted by atomic mass is 9.91. The van der Waals surface area contributed by atoms with Gasteiger partial charge in [0.1, 0.15) is 0 Å². The van der Waals surface area contributed by atoms with E-state index in [9.17, 15) is 14.7 Å². The van der Waals surface area contributed by atoms with Gasteiger partial charge >= 0.3 is 0 Å². The molecule has 0 radical (unpaired) electrons. The molecule has 1 aliphatic rings. The van der Waals surface area contributed by atoms with Gasteiger partial charge in [-0.15, -0.1) is 0 Å². The Morgan fingerprint density at radius 3 is 2.60 bits per heavy atom. The average Bonchev–Trinajstić information content (AvgIpc) is 2.36. The first kappa shape index (κ1) is 17.0. The van der Waals surface area contributed by atoms with Gasteiger partial charge < -0.3 is 15.3 Å². The van der Waals surface area contributed by atoms with Crippen molar-refractivity contribution >= 4 is 11.8 Å². The van der Waals surface area contributed by atoms with E-state index in [4.69, 9.17) is 0 Å². The van der Waals surface area contributed by atoms with Crippen LogP contribution in [0.15, 0.2) is 0 Å². The molecule has 0 spiro atoms. The summed E-state index contributed by atoms with van der Waals surface area (Å²) in [5.41, 5.74) is -0.398. The number of carbonyl (C=O) groups excluding carboxylic acids is 2. The second-order valence-corrected chi connectivity index (χ2v) is 6.77. The second kappa shape index (κ2) is 7.07. The number of nitrogens with zero attached hydrogens (tertiary/aromatic N) is 1. The molecule has 0 saturated carbocycles. The van der Waals surface area contributed by atoms with Crippen LogP contribution in [0.4, 0.5) is 0 Å². The summed E-state index contributed by atoms with van der Waals surface area (Å²) in [5, 5.41) is 12.0. The van der Waals surface area contributed by atoms with Crippen molar-refractivity contribution in [3.05, 3.63) is 0 Å². The van der Waals surface area contributed by atoms with E-state index in [0.717, 1.165) is 19.4 Å². The van der Waals surface area contributed by atoms with Gasteiger partial charge in [0.2, 0.25) is 11.8 Å². The molecule has 20 heavy (non-hydrogen) atoms. The number of nitrogens with one attached hydrogen (secondary N) is 1.